The lowest BCUT2D eigenvalue weighted by Gasteiger charge is -2.34. The average Bonchev–Trinajstić information content (AvgIpc) is 2.53. The van der Waals surface area contributed by atoms with Crippen LogP contribution in [0.4, 0.5) is 0 Å². The van der Waals surface area contributed by atoms with Crippen molar-refractivity contribution < 1.29 is 5.11 Å². The van der Waals surface area contributed by atoms with Crippen LogP contribution in [0.15, 0.2) is 0 Å². The maximum Gasteiger partial charge on any atom is 0.0695 e. The fourth-order valence-corrected chi connectivity index (χ4v) is 2.54. The van der Waals surface area contributed by atoms with E-state index in [0.29, 0.717) is 6.04 Å². The van der Waals surface area contributed by atoms with Crippen molar-refractivity contribution in [1.82, 2.24) is 9.80 Å². The molecule has 2 atom stereocenters. The summed E-state index contributed by atoms with van der Waals surface area (Å²) in [6, 6.07) is 0.443. The molecule has 2 rings (SSSR count). The zero-order chi connectivity index (χ0) is 9.26. The molecule has 1 heterocycles. The van der Waals surface area contributed by atoms with E-state index in [2.05, 4.69) is 16.8 Å². The zero-order valence-electron chi connectivity index (χ0n) is 8.45. The van der Waals surface area contributed by atoms with Crippen molar-refractivity contribution in [2.75, 3.05) is 26.8 Å². The summed E-state index contributed by atoms with van der Waals surface area (Å²) in [6.45, 7) is 3.34. The third-order valence-electron chi connectivity index (χ3n) is 3.35. The van der Waals surface area contributed by atoms with Gasteiger partial charge in [0.05, 0.1) is 12.8 Å². The van der Waals surface area contributed by atoms with Crippen LogP contribution in [0.5, 0.6) is 0 Å². The number of rotatable bonds is 1. The Kier molecular flexibility index (Phi) is 2.86. The van der Waals surface area contributed by atoms with E-state index in [1.54, 1.807) is 0 Å². The summed E-state index contributed by atoms with van der Waals surface area (Å²) in [7, 11) is 2.15. The minimum atomic E-state index is -0.0692. The van der Waals surface area contributed by atoms with E-state index in [1.165, 1.54) is 19.3 Å². The van der Waals surface area contributed by atoms with Crippen LogP contribution in [0.2, 0.25) is 0 Å². The van der Waals surface area contributed by atoms with Crippen LogP contribution >= 0.6 is 0 Å². The lowest BCUT2D eigenvalue weighted by Crippen LogP contribution is -2.44. The standard InChI is InChI=1S/C10H20N2O/c1-11-6-7-12(8-11)9-4-2-3-5-10(9)13/h9-10,13H,2-8H2,1H3. The summed E-state index contributed by atoms with van der Waals surface area (Å²) in [4.78, 5) is 4.76. The Labute approximate surface area is 80.3 Å². The zero-order valence-corrected chi connectivity index (χ0v) is 8.45. The highest BCUT2D eigenvalue weighted by atomic mass is 16.3. The molecule has 0 spiro atoms. The molecule has 0 aromatic heterocycles. The first-order valence-corrected chi connectivity index (χ1v) is 5.38. The lowest BCUT2D eigenvalue weighted by molar-refractivity contribution is 0.0251. The summed E-state index contributed by atoms with van der Waals surface area (Å²) in [5.41, 5.74) is 0. The summed E-state index contributed by atoms with van der Waals surface area (Å²) in [5, 5.41) is 9.86. The Morgan fingerprint density at radius 2 is 1.92 bits per heavy atom. The van der Waals surface area contributed by atoms with Crippen molar-refractivity contribution in [3.63, 3.8) is 0 Å². The van der Waals surface area contributed by atoms with Gasteiger partial charge in [0.1, 0.15) is 0 Å². The number of aliphatic hydroxyl groups is 1. The van der Waals surface area contributed by atoms with Crippen LogP contribution in [0.25, 0.3) is 0 Å². The molecule has 1 saturated carbocycles. The van der Waals surface area contributed by atoms with Gasteiger partial charge < -0.3 is 5.11 Å². The molecule has 3 heteroatoms. The molecule has 1 saturated heterocycles. The summed E-state index contributed by atoms with van der Waals surface area (Å²) in [5.74, 6) is 0. The molecule has 3 nitrogen and oxygen atoms in total. The first kappa shape index (κ1) is 9.44. The molecule has 1 aliphatic heterocycles. The molecular formula is C10H20N2O. The molecule has 2 aliphatic rings. The van der Waals surface area contributed by atoms with Gasteiger partial charge in [-0.1, -0.05) is 12.8 Å². The van der Waals surface area contributed by atoms with E-state index in [-0.39, 0.29) is 6.10 Å². The maximum absolute atomic E-state index is 9.86. The largest absolute Gasteiger partial charge is 0.391 e. The van der Waals surface area contributed by atoms with Crippen molar-refractivity contribution >= 4 is 0 Å². The molecule has 0 radical (unpaired) electrons. The number of nitrogens with zero attached hydrogens (tertiary/aromatic N) is 2. The van der Waals surface area contributed by atoms with E-state index in [0.717, 1.165) is 26.2 Å². The van der Waals surface area contributed by atoms with Crippen LogP contribution in [0.3, 0.4) is 0 Å². The summed E-state index contributed by atoms with van der Waals surface area (Å²) in [6.07, 6.45) is 4.63. The van der Waals surface area contributed by atoms with E-state index >= 15 is 0 Å². The van der Waals surface area contributed by atoms with E-state index in [9.17, 15) is 5.11 Å². The van der Waals surface area contributed by atoms with Gasteiger partial charge in [-0.05, 0) is 19.9 Å². The molecular weight excluding hydrogens is 164 g/mol. The van der Waals surface area contributed by atoms with Crippen molar-refractivity contribution in [3.05, 3.63) is 0 Å². The Morgan fingerprint density at radius 3 is 2.54 bits per heavy atom. The van der Waals surface area contributed by atoms with Crippen LogP contribution in [-0.2, 0) is 0 Å². The highest BCUT2D eigenvalue weighted by molar-refractivity contribution is 4.85. The topological polar surface area (TPSA) is 26.7 Å². The van der Waals surface area contributed by atoms with Gasteiger partial charge in [-0.15, -0.1) is 0 Å². The molecule has 1 N–H and O–H groups in total. The predicted molar refractivity (Wildman–Crippen MR) is 52.5 cm³/mol. The van der Waals surface area contributed by atoms with Crippen LogP contribution < -0.4 is 0 Å². The second-order valence-electron chi connectivity index (χ2n) is 4.45. The number of aliphatic hydroxyl groups excluding tert-OH is 1. The fraction of sp³-hybridized carbons (Fsp3) is 1.00. The first-order valence-electron chi connectivity index (χ1n) is 5.38. The van der Waals surface area contributed by atoms with Gasteiger partial charge in [0.25, 0.3) is 0 Å². The number of hydrogen-bond donors (Lipinski definition) is 1. The predicted octanol–water partition coefficient (Wildman–Crippen LogP) is 0.495. The molecule has 2 unspecified atom stereocenters. The SMILES string of the molecule is CN1CCN(C2CCCCC2O)C1. The smallest absolute Gasteiger partial charge is 0.0695 e. The fourth-order valence-electron chi connectivity index (χ4n) is 2.54. The third-order valence-corrected chi connectivity index (χ3v) is 3.35. The summed E-state index contributed by atoms with van der Waals surface area (Å²) >= 11 is 0. The second kappa shape index (κ2) is 3.95. The summed E-state index contributed by atoms with van der Waals surface area (Å²) < 4.78 is 0. The molecule has 0 aromatic rings. The van der Waals surface area contributed by atoms with Crippen molar-refractivity contribution in [3.8, 4) is 0 Å². The Bertz CT molecular complexity index is 174. The van der Waals surface area contributed by atoms with Gasteiger partial charge in [0.2, 0.25) is 0 Å². The monoisotopic (exact) mass is 184 g/mol. The minimum absolute atomic E-state index is 0.0692. The Morgan fingerprint density at radius 1 is 1.15 bits per heavy atom. The molecule has 13 heavy (non-hydrogen) atoms. The minimum Gasteiger partial charge on any atom is -0.391 e. The lowest BCUT2D eigenvalue weighted by atomic mass is 9.92. The Hall–Kier alpha value is -0.120. The molecule has 0 bridgehead atoms. The quantitative estimate of drug-likeness (QED) is 0.642. The number of likely N-dealkylation sites (N-methyl/N-ethyl adjacent to an activating group) is 1. The van der Waals surface area contributed by atoms with Crippen molar-refractivity contribution in [1.29, 1.82) is 0 Å². The van der Waals surface area contributed by atoms with Crippen LogP contribution in [0.1, 0.15) is 25.7 Å². The molecule has 76 valence electrons. The van der Waals surface area contributed by atoms with Gasteiger partial charge in [-0.2, -0.15) is 0 Å². The van der Waals surface area contributed by atoms with Gasteiger partial charge >= 0.3 is 0 Å². The van der Waals surface area contributed by atoms with Crippen molar-refractivity contribution in [2.45, 2.75) is 37.8 Å². The average molecular weight is 184 g/mol. The van der Waals surface area contributed by atoms with Gasteiger partial charge in [-0.25, -0.2) is 0 Å². The van der Waals surface area contributed by atoms with E-state index in [4.69, 9.17) is 0 Å². The number of hydrogen-bond acceptors (Lipinski definition) is 3. The molecule has 2 fully saturated rings. The highest BCUT2D eigenvalue weighted by Crippen LogP contribution is 2.24. The molecule has 0 aromatic carbocycles. The first-order chi connectivity index (χ1) is 6.27. The van der Waals surface area contributed by atoms with E-state index in [1.807, 2.05) is 0 Å². The van der Waals surface area contributed by atoms with E-state index < -0.39 is 0 Å². The van der Waals surface area contributed by atoms with Gasteiger partial charge in [-0.3, -0.25) is 9.80 Å². The normalized spacial score (nSPS) is 38.3. The third kappa shape index (κ3) is 2.03. The van der Waals surface area contributed by atoms with Crippen LogP contribution in [0, 0.1) is 0 Å². The molecule has 0 amide bonds. The van der Waals surface area contributed by atoms with Crippen molar-refractivity contribution in [2.24, 2.45) is 0 Å². The van der Waals surface area contributed by atoms with Gasteiger partial charge in [0.15, 0.2) is 0 Å². The molecule has 1 aliphatic carbocycles. The Balaban J connectivity index is 1.91. The van der Waals surface area contributed by atoms with Gasteiger partial charge in [0, 0.05) is 19.1 Å². The van der Waals surface area contributed by atoms with Crippen LogP contribution in [-0.4, -0.2) is 53.9 Å². The highest BCUT2D eigenvalue weighted by Gasteiger charge is 2.31. The second-order valence-corrected chi connectivity index (χ2v) is 4.45. The maximum atomic E-state index is 9.86.